The molecule has 1 aliphatic carbocycles. The summed E-state index contributed by atoms with van der Waals surface area (Å²) in [4.78, 5) is 9.07. The second-order valence-corrected chi connectivity index (χ2v) is 5.02. The molecule has 0 saturated heterocycles. The van der Waals surface area contributed by atoms with Gasteiger partial charge in [0.15, 0.2) is 0 Å². The van der Waals surface area contributed by atoms with E-state index in [4.69, 9.17) is 0 Å². The second kappa shape index (κ2) is 5.30. The summed E-state index contributed by atoms with van der Waals surface area (Å²) in [5.41, 5.74) is 5.10. The summed E-state index contributed by atoms with van der Waals surface area (Å²) in [5, 5.41) is 0. The first-order chi connectivity index (χ1) is 8.90. The predicted octanol–water partition coefficient (Wildman–Crippen LogP) is 3.14. The number of aryl methyl sites for hydroxylation is 4. The molecule has 3 aliphatic heterocycles. The molecular formula is C16H18N2. The molecule has 2 heteroatoms. The summed E-state index contributed by atoms with van der Waals surface area (Å²) in [7, 11) is 0. The van der Waals surface area contributed by atoms with Crippen LogP contribution in [0, 0.1) is 0 Å². The van der Waals surface area contributed by atoms with E-state index in [2.05, 4.69) is 34.2 Å². The Morgan fingerprint density at radius 1 is 0.611 bits per heavy atom. The number of hydrogen-bond acceptors (Lipinski definition) is 2. The molecule has 0 aromatic carbocycles. The quantitative estimate of drug-likeness (QED) is 0.704. The Hall–Kier alpha value is -1.70. The van der Waals surface area contributed by atoms with Gasteiger partial charge in [-0.1, -0.05) is 12.1 Å². The average Bonchev–Trinajstić information content (AvgIpc) is 2.43. The average molecular weight is 238 g/mol. The number of pyridine rings is 2. The third-order valence-electron chi connectivity index (χ3n) is 3.57. The van der Waals surface area contributed by atoms with Crippen molar-refractivity contribution in [2.75, 3.05) is 0 Å². The number of nitrogens with zero attached hydrogens (tertiary/aromatic N) is 2. The lowest BCUT2D eigenvalue weighted by Gasteiger charge is -2.07. The van der Waals surface area contributed by atoms with Gasteiger partial charge in [-0.25, -0.2) is 0 Å². The summed E-state index contributed by atoms with van der Waals surface area (Å²) in [6.45, 7) is 0. The van der Waals surface area contributed by atoms with Crippen molar-refractivity contribution in [1.29, 1.82) is 0 Å². The Balaban J connectivity index is 1.82. The normalized spacial score (nSPS) is 15.6. The molecule has 4 aliphatic rings. The van der Waals surface area contributed by atoms with E-state index >= 15 is 0 Å². The van der Waals surface area contributed by atoms with Gasteiger partial charge in [-0.15, -0.1) is 0 Å². The van der Waals surface area contributed by atoms with Gasteiger partial charge in [-0.05, 0) is 61.8 Å². The van der Waals surface area contributed by atoms with Crippen LogP contribution in [-0.2, 0) is 25.7 Å². The first-order valence-corrected chi connectivity index (χ1v) is 6.78. The molecule has 0 amide bonds. The summed E-state index contributed by atoms with van der Waals surface area (Å²) in [6, 6.07) is 8.81. The molecule has 0 spiro atoms. The first kappa shape index (κ1) is 11.4. The topological polar surface area (TPSA) is 25.8 Å². The van der Waals surface area contributed by atoms with Crippen LogP contribution in [0.4, 0.5) is 0 Å². The van der Waals surface area contributed by atoms with Crippen molar-refractivity contribution in [3.05, 3.63) is 59.2 Å². The molecule has 0 unspecified atom stereocenters. The molecule has 2 aromatic heterocycles. The molecule has 92 valence electrons. The van der Waals surface area contributed by atoms with Crippen molar-refractivity contribution >= 4 is 0 Å². The molecule has 0 atom stereocenters. The molecule has 4 bridgehead atoms. The summed E-state index contributed by atoms with van der Waals surface area (Å²) in [5.74, 6) is 0. The molecule has 0 fully saturated rings. The number of aromatic nitrogens is 2. The second-order valence-electron chi connectivity index (χ2n) is 5.02. The smallest absolute Gasteiger partial charge is 0.0403 e. The maximum atomic E-state index is 4.54. The van der Waals surface area contributed by atoms with Crippen molar-refractivity contribution < 1.29 is 0 Å². The Kier molecular flexibility index (Phi) is 3.35. The third-order valence-corrected chi connectivity index (χ3v) is 3.57. The van der Waals surface area contributed by atoms with Crippen LogP contribution in [0.15, 0.2) is 36.7 Å². The molecule has 0 N–H and O–H groups in total. The van der Waals surface area contributed by atoms with Gasteiger partial charge in [0.05, 0.1) is 0 Å². The Morgan fingerprint density at radius 2 is 1.11 bits per heavy atom. The summed E-state index contributed by atoms with van der Waals surface area (Å²) in [6.07, 6.45) is 10.7. The van der Waals surface area contributed by atoms with Gasteiger partial charge in [-0.2, -0.15) is 0 Å². The van der Waals surface area contributed by atoms with Crippen LogP contribution in [0.1, 0.15) is 35.4 Å². The fourth-order valence-corrected chi connectivity index (χ4v) is 2.45. The monoisotopic (exact) mass is 238 g/mol. The fourth-order valence-electron chi connectivity index (χ4n) is 2.45. The maximum Gasteiger partial charge on any atom is 0.0403 e. The minimum Gasteiger partial charge on any atom is -0.261 e. The zero-order chi connectivity index (χ0) is 12.2. The zero-order valence-corrected chi connectivity index (χ0v) is 10.6. The Labute approximate surface area is 108 Å². The molecule has 2 aromatic rings. The molecule has 5 heterocycles. The van der Waals surface area contributed by atoms with Crippen LogP contribution in [0.25, 0.3) is 0 Å². The van der Waals surface area contributed by atoms with Gasteiger partial charge in [0.2, 0.25) is 0 Å². The molecule has 18 heavy (non-hydrogen) atoms. The van der Waals surface area contributed by atoms with Gasteiger partial charge in [0.25, 0.3) is 0 Å². The van der Waals surface area contributed by atoms with E-state index in [0.29, 0.717) is 0 Å². The lowest BCUT2D eigenvalue weighted by Crippen LogP contribution is -1.99. The van der Waals surface area contributed by atoms with Gasteiger partial charge >= 0.3 is 0 Å². The number of rotatable bonds is 0. The van der Waals surface area contributed by atoms with Crippen LogP contribution in [0.2, 0.25) is 0 Å². The van der Waals surface area contributed by atoms with E-state index < -0.39 is 0 Å². The molecule has 0 radical (unpaired) electrons. The highest BCUT2D eigenvalue weighted by Crippen LogP contribution is 2.12. The van der Waals surface area contributed by atoms with E-state index in [1.54, 1.807) is 0 Å². The van der Waals surface area contributed by atoms with Gasteiger partial charge in [0, 0.05) is 23.8 Å². The first-order valence-electron chi connectivity index (χ1n) is 6.78. The van der Waals surface area contributed by atoms with Gasteiger partial charge in [-0.3, -0.25) is 9.97 Å². The number of hydrogen-bond donors (Lipinski definition) is 0. The fraction of sp³-hybridized carbons (Fsp3) is 0.375. The molecule has 6 rings (SSSR count). The molecule has 0 saturated carbocycles. The van der Waals surface area contributed by atoms with Crippen molar-refractivity contribution in [2.45, 2.75) is 38.5 Å². The van der Waals surface area contributed by atoms with E-state index in [-0.39, 0.29) is 0 Å². The summed E-state index contributed by atoms with van der Waals surface area (Å²) >= 11 is 0. The highest BCUT2D eigenvalue weighted by Gasteiger charge is 2.02. The lowest BCUT2D eigenvalue weighted by molar-refractivity contribution is 0.762. The Morgan fingerprint density at radius 3 is 1.56 bits per heavy atom. The van der Waals surface area contributed by atoms with Crippen LogP contribution in [-0.4, -0.2) is 9.97 Å². The minimum absolute atomic E-state index is 1.05. The summed E-state index contributed by atoms with van der Waals surface area (Å²) < 4.78 is 0. The standard InChI is InChI=1S/C16H18N2/c1-3-13-7-9-15(17-11-13)5-2-6-16-10-8-14(4-1)12-18-16/h7-12H,1-6H2. The largest absolute Gasteiger partial charge is 0.261 e. The zero-order valence-electron chi connectivity index (χ0n) is 10.6. The van der Waals surface area contributed by atoms with Crippen molar-refractivity contribution in [2.24, 2.45) is 0 Å². The third kappa shape index (κ3) is 2.76. The van der Waals surface area contributed by atoms with Crippen molar-refractivity contribution in [3.63, 3.8) is 0 Å². The Bertz CT molecular complexity index is 404. The van der Waals surface area contributed by atoms with Crippen LogP contribution in [0.5, 0.6) is 0 Å². The van der Waals surface area contributed by atoms with E-state index in [1.807, 2.05) is 12.4 Å². The maximum absolute atomic E-state index is 4.54. The molecular weight excluding hydrogens is 220 g/mol. The predicted molar refractivity (Wildman–Crippen MR) is 72.5 cm³/mol. The minimum atomic E-state index is 1.05. The van der Waals surface area contributed by atoms with Gasteiger partial charge < -0.3 is 0 Å². The van der Waals surface area contributed by atoms with Crippen LogP contribution < -0.4 is 0 Å². The van der Waals surface area contributed by atoms with Gasteiger partial charge in [0.1, 0.15) is 0 Å². The van der Waals surface area contributed by atoms with Crippen molar-refractivity contribution in [3.8, 4) is 0 Å². The van der Waals surface area contributed by atoms with Crippen LogP contribution in [0.3, 0.4) is 0 Å². The van der Waals surface area contributed by atoms with E-state index in [0.717, 1.165) is 32.1 Å². The molecule has 2 nitrogen and oxygen atoms in total. The lowest BCUT2D eigenvalue weighted by atomic mass is 10.0. The SMILES string of the molecule is c1cc2ncc1CCCc1ccc(nc1)CCC2. The highest BCUT2D eigenvalue weighted by atomic mass is 14.7. The van der Waals surface area contributed by atoms with Crippen molar-refractivity contribution in [1.82, 2.24) is 9.97 Å². The van der Waals surface area contributed by atoms with Crippen LogP contribution >= 0.6 is 0 Å². The highest BCUT2D eigenvalue weighted by molar-refractivity contribution is 5.18. The van der Waals surface area contributed by atoms with E-state index in [1.165, 1.54) is 28.9 Å². The van der Waals surface area contributed by atoms with E-state index in [9.17, 15) is 0 Å².